The van der Waals surface area contributed by atoms with Crippen LogP contribution in [0.5, 0.6) is 5.75 Å². The lowest BCUT2D eigenvalue weighted by Crippen LogP contribution is -1.97. The van der Waals surface area contributed by atoms with Gasteiger partial charge in [-0.15, -0.1) is 0 Å². The molecule has 0 aliphatic heterocycles. The highest BCUT2D eigenvalue weighted by Crippen LogP contribution is 2.26. The molecule has 1 heterocycles. The molecule has 0 saturated heterocycles. The molecule has 0 saturated carbocycles. The van der Waals surface area contributed by atoms with E-state index in [0.29, 0.717) is 23.8 Å². The third-order valence-corrected chi connectivity index (χ3v) is 4.54. The van der Waals surface area contributed by atoms with E-state index in [-0.39, 0.29) is 5.82 Å². The summed E-state index contributed by atoms with van der Waals surface area (Å²) in [6, 6.07) is 21.8. The van der Waals surface area contributed by atoms with Crippen molar-refractivity contribution in [3.63, 3.8) is 0 Å². The van der Waals surface area contributed by atoms with E-state index in [9.17, 15) is 9.65 Å². The Labute approximate surface area is 167 Å². The fourth-order valence-corrected chi connectivity index (χ4v) is 3.03. The number of imidazole rings is 1. The minimum absolute atomic E-state index is 0.281. The maximum Gasteiger partial charge on any atom is 0.149 e. The van der Waals surface area contributed by atoms with E-state index in [0.717, 1.165) is 27.7 Å². The van der Waals surface area contributed by atoms with Crippen molar-refractivity contribution >= 4 is 22.7 Å². The molecule has 0 fully saturated rings. The van der Waals surface area contributed by atoms with Crippen LogP contribution < -0.4 is 4.74 Å². The second-order valence-corrected chi connectivity index (χ2v) is 6.73. The van der Waals surface area contributed by atoms with Crippen LogP contribution in [0, 0.1) is 24.1 Å². The largest absolute Gasteiger partial charge is 0.488 e. The summed E-state index contributed by atoms with van der Waals surface area (Å²) in [5.41, 5.74) is 4.86. The number of ether oxygens (including phenoxy) is 1. The van der Waals surface area contributed by atoms with E-state index in [1.54, 1.807) is 18.2 Å². The van der Waals surface area contributed by atoms with Gasteiger partial charge in [-0.1, -0.05) is 36.4 Å². The number of nitrogens with one attached hydrogen (secondary N) is 1. The first-order valence-corrected chi connectivity index (χ1v) is 9.17. The number of halogens is 1. The Hall–Kier alpha value is -3.91. The van der Waals surface area contributed by atoms with E-state index in [1.807, 2.05) is 49.4 Å². The van der Waals surface area contributed by atoms with Crippen LogP contribution in [0.1, 0.15) is 22.5 Å². The smallest absolute Gasteiger partial charge is 0.149 e. The fourth-order valence-electron chi connectivity index (χ4n) is 3.03. The zero-order chi connectivity index (χ0) is 20.2. The predicted molar refractivity (Wildman–Crippen MR) is 111 cm³/mol. The van der Waals surface area contributed by atoms with Crippen LogP contribution in [0.2, 0.25) is 0 Å². The molecule has 3 aromatic carbocycles. The monoisotopic (exact) mass is 383 g/mol. The molecule has 0 aliphatic carbocycles. The summed E-state index contributed by atoms with van der Waals surface area (Å²) in [5.74, 6) is 0.870. The van der Waals surface area contributed by atoms with Gasteiger partial charge in [0.15, 0.2) is 0 Å². The molecule has 0 bridgehead atoms. The van der Waals surface area contributed by atoms with Gasteiger partial charge in [0, 0.05) is 5.56 Å². The molecule has 4 rings (SSSR count). The SMILES string of the molecule is Cc1ccc2nc(C(C#N)=Cc3ccccc3OCc3ccc(F)cc3)[nH]c2c1. The van der Waals surface area contributed by atoms with Gasteiger partial charge in [0.25, 0.3) is 0 Å². The first kappa shape index (κ1) is 18.5. The first-order chi connectivity index (χ1) is 14.1. The summed E-state index contributed by atoms with van der Waals surface area (Å²) < 4.78 is 19.0. The van der Waals surface area contributed by atoms with E-state index in [1.165, 1.54) is 12.1 Å². The standard InChI is InChI=1S/C24H18FN3O/c1-16-6-11-21-22(12-16)28-24(27-21)19(14-26)13-18-4-2-3-5-23(18)29-15-17-7-9-20(25)10-8-17/h2-13H,15H2,1H3,(H,27,28). The van der Waals surface area contributed by atoms with Gasteiger partial charge in [-0.05, 0) is 54.5 Å². The quantitative estimate of drug-likeness (QED) is 0.453. The number of allylic oxidation sites excluding steroid dienone is 1. The highest BCUT2D eigenvalue weighted by atomic mass is 19.1. The number of aromatic nitrogens is 2. The van der Waals surface area contributed by atoms with Crippen molar-refractivity contribution in [1.82, 2.24) is 9.97 Å². The number of nitrogens with zero attached hydrogens (tertiary/aromatic N) is 2. The molecule has 1 aromatic heterocycles. The molecule has 0 aliphatic rings. The van der Waals surface area contributed by atoms with Crippen LogP contribution in [0.3, 0.4) is 0 Å². The van der Waals surface area contributed by atoms with Crippen LogP contribution in [0.15, 0.2) is 66.7 Å². The van der Waals surface area contributed by atoms with Gasteiger partial charge in [-0.3, -0.25) is 0 Å². The van der Waals surface area contributed by atoms with Crippen molar-refractivity contribution < 1.29 is 9.13 Å². The van der Waals surface area contributed by atoms with Crippen LogP contribution in [-0.2, 0) is 6.61 Å². The van der Waals surface area contributed by atoms with Gasteiger partial charge in [0.05, 0.1) is 16.6 Å². The Balaban J connectivity index is 1.63. The molecule has 4 nitrogen and oxygen atoms in total. The number of aryl methyl sites for hydroxylation is 1. The predicted octanol–water partition coefficient (Wildman–Crippen LogP) is 5.65. The number of rotatable bonds is 5. The summed E-state index contributed by atoms with van der Waals surface area (Å²) in [4.78, 5) is 7.74. The number of nitriles is 1. The van der Waals surface area contributed by atoms with Crippen LogP contribution in [-0.4, -0.2) is 9.97 Å². The number of H-pyrrole nitrogens is 1. The van der Waals surface area contributed by atoms with Gasteiger partial charge in [0.2, 0.25) is 0 Å². The lowest BCUT2D eigenvalue weighted by molar-refractivity contribution is 0.305. The Morgan fingerprint density at radius 1 is 1.14 bits per heavy atom. The normalized spacial score (nSPS) is 11.4. The first-order valence-electron chi connectivity index (χ1n) is 9.17. The average Bonchev–Trinajstić information content (AvgIpc) is 3.15. The van der Waals surface area contributed by atoms with Crippen molar-refractivity contribution in [2.45, 2.75) is 13.5 Å². The molecule has 29 heavy (non-hydrogen) atoms. The van der Waals surface area contributed by atoms with Crippen molar-refractivity contribution in [3.8, 4) is 11.8 Å². The fraction of sp³-hybridized carbons (Fsp3) is 0.0833. The molecule has 0 spiro atoms. The second kappa shape index (κ2) is 7.99. The zero-order valence-electron chi connectivity index (χ0n) is 15.8. The molecular formula is C24H18FN3O. The van der Waals surface area contributed by atoms with Gasteiger partial charge in [0.1, 0.15) is 30.1 Å². The van der Waals surface area contributed by atoms with Crippen LogP contribution in [0.25, 0.3) is 22.7 Å². The number of hydrogen-bond acceptors (Lipinski definition) is 3. The van der Waals surface area contributed by atoms with Gasteiger partial charge < -0.3 is 9.72 Å². The minimum atomic E-state index is -0.281. The van der Waals surface area contributed by atoms with Crippen molar-refractivity contribution in [2.75, 3.05) is 0 Å². The summed E-state index contributed by atoms with van der Waals surface area (Å²) in [6.07, 6.45) is 1.75. The molecular weight excluding hydrogens is 365 g/mol. The van der Waals surface area contributed by atoms with Gasteiger partial charge in [-0.2, -0.15) is 5.26 Å². The highest BCUT2D eigenvalue weighted by Gasteiger charge is 2.10. The summed E-state index contributed by atoms with van der Waals surface area (Å²) in [5, 5.41) is 9.69. The van der Waals surface area contributed by atoms with E-state index < -0.39 is 0 Å². The molecule has 1 N–H and O–H groups in total. The minimum Gasteiger partial charge on any atom is -0.488 e. The maximum atomic E-state index is 13.1. The second-order valence-electron chi connectivity index (χ2n) is 6.73. The Morgan fingerprint density at radius 3 is 2.72 bits per heavy atom. The number of aromatic amines is 1. The lowest BCUT2D eigenvalue weighted by atomic mass is 10.1. The van der Waals surface area contributed by atoms with E-state index in [4.69, 9.17) is 4.74 Å². The Kier molecular flexibility index (Phi) is 5.08. The van der Waals surface area contributed by atoms with Crippen molar-refractivity contribution in [1.29, 1.82) is 5.26 Å². The topological polar surface area (TPSA) is 61.7 Å². The summed E-state index contributed by atoms with van der Waals surface area (Å²) in [7, 11) is 0. The Morgan fingerprint density at radius 2 is 1.93 bits per heavy atom. The number of fused-ring (bicyclic) bond motifs is 1. The number of benzene rings is 3. The average molecular weight is 383 g/mol. The summed E-state index contributed by atoms with van der Waals surface area (Å²) >= 11 is 0. The molecule has 0 amide bonds. The highest BCUT2D eigenvalue weighted by molar-refractivity contribution is 5.91. The molecule has 142 valence electrons. The zero-order valence-corrected chi connectivity index (χ0v) is 15.8. The Bertz CT molecular complexity index is 1230. The third-order valence-electron chi connectivity index (χ3n) is 4.54. The van der Waals surface area contributed by atoms with Crippen molar-refractivity contribution in [2.24, 2.45) is 0 Å². The molecule has 0 atom stereocenters. The molecule has 5 heteroatoms. The lowest BCUT2D eigenvalue weighted by Gasteiger charge is -2.09. The van der Waals surface area contributed by atoms with Gasteiger partial charge >= 0.3 is 0 Å². The van der Waals surface area contributed by atoms with Crippen LogP contribution in [0.4, 0.5) is 4.39 Å². The molecule has 4 aromatic rings. The molecule has 0 unspecified atom stereocenters. The van der Waals surface area contributed by atoms with Crippen molar-refractivity contribution in [3.05, 3.63) is 95.1 Å². The summed E-state index contributed by atoms with van der Waals surface area (Å²) in [6.45, 7) is 2.31. The van der Waals surface area contributed by atoms with E-state index in [2.05, 4.69) is 16.0 Å². The van der Waals surface area contributed by atoms with Gasteiger partial charge in [-0.25, -0.2) is 9.37 Å². The number of para-hydroxylation sites is 1. The van der Waals surface area contributed by atoms with E-state index >= 15 is 0 Å². The van der Waals surface area contributed by atoms with Crippen LogP contribution >= 0.6 is 0 Å². The maximum absolute atomic E-state index is 13.1. The third kappa shape index (κ3) is 4.17. The molecule has 0 radical (unpaired) electrons. The number of hydrogen-bond donors (Lipinski definition) is 1.